The smallest absolute Gasteiger partial charge is 0.207 e. The van der Waals surface area contributed by atoms with Crippen LogP contribution in [0.3, 0.4) is 0 Å². The first-order chi connectivity index (χ1) is 8.25. The van der Waals surface area contributed by atoms with E-state index in [2.05, 4.69) is 0 Å². The van der Waals surface area contributed by atoms with Crippen molar-refractivity contribution in [3.63, 3.8) is 0 Å². The zero-order valence-corrected chi connectivity index (χ0v) is 11.6. The Labute approximate surface area is 110 Å². The Morgan fingerprint density at radius 3 is 2.44 bits per heavy atom. The second kappa shape index (κ2) is 5.95. The normalized spacial score (nSPS) is 13.9. The van der Waals surface area contributed by atoms with Crippen molar-refractivity contribution < 1.29 is 17.2 Å². The van der Waals surface area contributed by atoms with E-state index in [1.807, 2.05) is 0 Å². The number of hydrogen-bond donors (Lipinski definition) is 0. The van der Waals surface area contributed by atoms with Crippen molar-refractivity contribution in [3.05, 3.63) is 29.8 Å². The Balaban J connectivity index is 2.95. The van der Waals surface area contributed by atoms with Crippen LogP contribution in [0.2, 0.25) is 0 Å². The number of hydrogen-bond acceptors (Lipinski definition) is 2. The van der Waals surface area contributed by atoms with Gasteiger partial charge in [0, 0.05) is 19.0 Å². The SMILES string of the molecule is CC(Cl)CCN(C)S(=O)(=O)c1ccc(F)c(F)c1. The predicted octanol–water partition coefficient (Wildman–Crippen LogP) is 2.60. The predicted molar refractivity (Wildman–Crippen MR) is 66.1 cm³/mol. The maximum Gasteiger partial charge on any atom is 0.242 e. The molecule has 0 radical (unpaired) electrons. The fourth-order valence-corrected chi connectivity index (χ4v) is 2.59. The minimum absolute atomic E-state index is 0.160. The molecule has 0 saturated carbocycles. The zero-order valence-electron chi connectivity index (χ0n) is 10.0. The van der Waals surface area contributed by atoms with Crippen molar-refractivity contribution in [1.82, 2.24) is 4.31 Å². The van der Waals surface area contributed by atoms with Gasteiger partial charge in [0.15, 0.2) is 11.6 Å². The van der Waals surface area contributed by atoms with Gasteiger partial charge in [-0.2, -0.15) is 0 Å². The molecule has 0 aliphatic heterocycles. The van der Waals surface area contributed by atoms with Crippen molar-refractivity contribution in [1.29, 1.82) is 0 Å². The Morgan fingerprint density at radius 1 is 1.33 bits per heavy atom. The van der Waals surface area contributed by atoms with E-state index in [0.717, 1.165) is 16.4 Å². The lowest BCUT2D eigenvalue weighted by Gasteiger charge is -2.17. The molecule has 0 aliphatic rings. The maximum atomic E-state index is 13.0. The van der Waals surface area contributed by atoms with Crippen LogP contribution in [-0.4, -0.2) is 31.7 Å². The number of benzene rings is 1. The average molecular weight is 298 g/mol. The van der Waals surface area contributed by atoms with Gasteiger partial charge in [0.25, 0.3) is 0 Å². The molecule has 0 fully saturated rings. The van der Waals surface area contributed by atoms with Gasteiger partial charge < -0.3 is 0 Å². The zero-order chi connectivity index (χ0) is 13.9. The highest BCUT2D eigenvalue weighted by molar-refractivity contribution is 7.89. The Hall–Kier alpha value is -0.720. The monoisotopic (exact) mass is 297 g/mol. The van der Waals surface area contributed by atoms with Crippen LogP contribution in [0.5, 0.6) is 0 Å². The summed E-state index contributed by atoms with van der Waals surface area (Å²) in [6, 6.07) is 2.50. The van der Waals surface area contributed by atoms with E-state index in [9.17, 15) is 17.2 Å². The highest BCUT2D eigenvalue weighted by Crippen LogP contribution is 2.18. The van der Waals surface area contributed by atoms with Crippen LogP contribution in [0.4, 0.5) is 8.78 Å². The number of nitrogens with zero attached hydrogens (tertiary/aromatic N) is 1. The third-order valence-corrected chi connectivity index (χ3v) is 4.51. The summed E-state index contributed by atoms with van der Waals surface area (Å²) in [5.74, 6) is -2.26. The quantitative estimate of drug-likeness (QED) is 0.784. The number of alkyl halides is 1. The molecule has 0 saturated heterocycles. The largest absolute Gasteiger partial charge is 0.242 e. The van der Waals surface area contributed by atoms with Crippen LogP contribution in [0.1, 0.15) is 13.3 Å². The fraction of sp³-hybridized carbons (Fsp3) is 0.455. The average Bonchev–Trinajstić information content (AvgIpc) is 2.29. The Kier molecular flexibility index (Phi) is 5.07. The molecule has 0 heterocycles. The van der Waals surface area contributed by atoms with Crippen molar-refractivity contribution in [3.8, 4) is 0 Å². The molecule has 0 spiro atoms. The second-order valence-corrected chi connectivity index (χ2v) is 6.76. The number of halogens is 3. The number of sulfonamides is 1. The van der Waals surface area contributed by atoms with E-state index in [4.69, 9.17) is 11.6 Å². The lowest BCUT2D eigenvalue weighted by Crippen LogP contribution is -2.29. The minimum atomic E-state index is -3.81. The molecule has 102 valence electrons. The molecular formula is C11H14ClF2NO2S. The maximum absolute atomic E-state index is 13.0. The molecule has 1 aromatic rings. The first-order valence-electron chi connectivity index (χ1n) is 5.30. The van der Waals surface area contributed by atoms with Crippen LogP contribution < -0.4 is 0 Å². The summed E-state index contributed by atoms with van der Waals surface area (Å²) in [7, 11) is -2.43. The molecule has 0 amide bonds. The molecule has 1 atom stereocenters. The number of rotatable bonds is 5. The van der Waals surface area contributed by atoms with Crippen LogP contribution in [0, 0.1) is 11.6 Å². The summed E-state index contributed by atoms with van der Waals surface area (Å²) in [5.41, 5.74) is 0. The summed E-state index contributed by atoms with van der Waals surface area (Å²) >= 11 is 5.73. The van der Waals surface area contributed by atoms with Gasteiger partial charge in [-0.1, -0.05) is 0 Å². The van der Waals surface area contributed by atoms with Gasteiger partial charge in [-0.3, -0.25) is 0 Å². The molecule has 7 heteroatoms. The molecule has 1 rings (SSSR count). The van der Waals surface area contributed by atoms with Crippen LogP contribution >= 0.6 is 11.6 Å². The van der Waals surface area contributed by atoms with E-state index in [-0.39, 0.29) is 16.8 Å². The third kappa shape index (κ3) is 3.63. The van der Waals surface area contributed by atoms with Crippen molar-refractivity contribution in [2.45, 2.75) is 23.6 Å². The summed E-state index contributed by atoms with van der Waals surface area (Å²) in [6.45, 7) is 1.96. The summed E-state index contributed by atoms with van der Waals surface area (Å²) in [5, 5.41) is -0.160. The summed E-state index contributed by atoms with van der Waals surface area (Å²) in [6.07, 6.45) is 0.473. The first kappa shape index (κ1) is 15.3. The van der Waals surface area contributed by atoms with Crippen LogP contribution in [0.15, 0.2) is 23.1 Å². The molecule has 1 unspecified atom stereocenters. The Bertz CT molecular complexity index is 520. The van der Waals surface area contributed by atoms with E-state index in [0.29, 0.717) is 12.5 Å². The van der Waals surface area contributed by atoms with Crippen LogP contribution in [0.25, 0.3) is 0 Å². The highest BCUT2D eigenvalue weighted by Gasteiger charge is 2.22. The van der Waals surface area contributed by atoms with Crippen molar-refractivity contribution >= 4 is 21.6 Å². The second-order valence-electron chi connectivity index (χ2n) is 3.97. The fourth-order valence-electron chi connectivity index (χ4n) is 1.30. The van der Waals surface area contributed by atoms with Crippen molar-refractivity contribution in [2.24, 2.45) is 0 Å². The molecule has 3 nitrogen and oxygen atoms in total. The van der Waals surface area contributed by atoms with Gasteiger partial charge in [0.2, 0.25) is 10.0 Å². The molecular weight excluding hydrogens is 284 g/mol. The topological polar surface area (TPSA) is 37.4 Å². The van der Waals surface area contributed by atoms with Gasteiger partial charge in [-0.15, -0.1) is 11.6 Å². The highest BCUT2D eigenvalue weighted by atomic mass is 35.5. The van der Waals surface area contributed by atoms with Gasteiger partial charge in [0.1, 0.15) is 0 Å². The summed E-state index contributed by atoms with van der Waals surface area (Å²) < 4.78 is 50.8. The first-order valence-corrected chi connectivity index (χ1v) is 7.18. The molecule has 0 aromatic heterocycles. The molecule has 18 heavy (non-hydrogen) atoms. The van der Waals surface area contributed by atoms with Crippen molar-refractivity contribution in [2.75, 3.05) is 13.6 Å². The Morgan fingerprint density at radius 2 is 1.94 bits per heavy atom. The van der Waals surface area contributed by atoms with E-state index >= 15 is 0 Å². The van der Waals surface area contributed by atoms with E-state index < -0.39 is 21.7 Å². The van der Waals surface area contributed by atoms with Crippen LogP contribution in [-0.2, 0) is 10.0 Å². The van der Waals surface area contributed by atoms with Gasteiger partial charge in [-0.25, -0.2) is 21.5 Å². The summed E-state index contributed by atoms with van der Waals surface area (Å²) in [4.78, 5) is -0.272. The third-order valence-electron chi connectivity index (χ3n) is 2.44. The molecule has 0 bridgehead atoms. The molecule has 0 N–H and O–H groups in total. The van der Waals surface area contributed by atoms with Gasteiger partial charge in [-0.05, 0) is 31.5 Å². The minimum Gasteiger partial charge on any atom is -0.207 e. The lowest BCUT2D eigenvalue weighted by atomic mass is 10.3. The molecule has 0 aliphatic carbocycles. The van der Waals surface area contributed by atoms with E-state index in [1.165, 1.54) is 7.05 Å². The van der Waals surface area contributed by atoms with Gasteiger partial charge >= 0.3 is 0 Å². The van der Waals surface area contributed by atoms with Gasteiger partial charge in [0.05, 0.1) is 4.90 Å². The standard InChI is InChI=1S/C11H14ClF2NO2S/c1-8(12)5-6-15(2)18(16,17)9-3-4-10(13)11(14)7-9/h3-4,7-8H,5-6H2,1-2H3. The van der Waals surface area contributed by atoms with E-state index in [1.54, 1.807) is 6.92 Å². The lowest BCUT2D eigenvalue weighted by molar-refractivity contribution is 0.458. The molecule has 1 aromatic carbocycles.